The van der Waals surface area contributed by atoms with Crippen LogP contribution in [0, 0.1) is 19.7 Å². The van der Waals surface area contributed by atoms with Gasteiger partial charge in [0.2, 0.25) is 0 Å². The van der Waals surface area contributed by atoms with Gasteiger partial charge in [-0.1, -0.05) is 29.8 Å². The van der Waals surface area contributed by atoms with Crippen LogP contribution in [-0.2, 0) is 14.3 Å². The van der Waals surface area contributed by atoms with E-state index in [1.54, 1.807) is 13.0 Å². The third-order valence-corrected chi connectivity index (χ3v) is 9.99. The molecule has 7 rings (SSSR count). The van der Waals surface area contributed by atoms with Crippen LogP contribution in [0.15, 0.2) is 42.5 Å². The lowest BCUT2D eigenvalue weighted by molar-refractivity contribution is -0.160. The fourth-order valence-corrected chi connectivity index (χ4v) is 7.28. The van der Waals surface area contributed by atoms with Gasteiger partial charge in [-0.2, -0.15) is 0 Å². The highest BCUT2D eigenvalue weighted by molar-refractivity contribution is 6.32. The van der Waals surface area contributed by atoms with Gasteiger partial charge in [0.15, 0.2) is 6.10 Å². The molecule has 4 aromatic rings. The standard InChI is InChI=1S/C39H47ClFN3O5/c1-23-19-30-28(22-29(23)41)26-12-10-13-27(21-26)33-35(40)44-31(42-33)20-24(2)32(34(37(45)46)49-38(4,5)6)36(44)43-16-14-39(7,15-17-43)47-18-9-8-11-25(3)48-30/h10,12-13,19-22,25,34H,8-9,11,14-18H2,1-7H3,(H,45,46)/t25-,34+/m1/s1. The van der Waals surface area contributed by atoms with Crippen molar-refractivity contribution in [2.75, 3.05) is 24.6 Å². The summed E-state index contributed by atoms with van der Waals surface area (Å²) >= 11 is 7.31. The monoisotopic (exact) mass is 691 g/mol. The number of fused-ring (bicyclic) bond motifs is 8. The van der Waals surface area contributed by atoms with Crippen LogP contribution in [0.1, 0.15) is 89.5 Å². The van der Waals surface area contributed by atoms with Gasteiger partial charge in [0.25, 0.3) is 0 Å². The number of hydrogen-bond acceptors (Lipinski definition) is 6. The number of anilines is 1. The molecule has 1 N–H and O–H groups in total. The number of aliphatic carboxylic acids is 1. The molecule has 10 heteroatoms. The van der Waals surface area contributed by atoms with Crippen LogP contribution in [0.2, 0.25) is 5.15 Å². The molecule has 0 radical (unpaired) electrons. The molecule has 6 bridgehead atoms. The number of halogens is 2. The van der Waals surface area contributed by atoms with Crippen LogP contribution in [0.3, 0.4) is 0 Å². The summed E-state index contributed by atoms with van der Waals surface area (Å²) < 4.78 is 36.1. The highest BCUT2D eigenvalue weighted by Gasteiger charge is 2.38. The van der Waals surface area contributed by atoms with E-state index in [2.05, 4.69) is 18.7 Å². The molecule has 0 spiro atoms. The molecular weight excluding hydrogens is 645 g/mol. The Morgan fingerprint density at radius 3 is 2.51 bits per heavy atom. The van der Waals surface area contributed by atoms with Crippen molar-refractivity contribution >= 4 is 29.0 Å². The summed E-state index contributed by atoms with van der Waals surface area (Å²) in [4.78, 5) is 20.1. The molecule has 0 aliphatic carbocycles. The van der Waals surface area contributed by atoms with E-state index in [0.717, 1.165) is 48.8 Å². The first-order valence-corrected chi connectivity index (χ1v) is 17.6. The number of piperidine rings is 1. The van der Waals surface area contributed by atoms with Gasteiger partial charge in [0.05, 0.1) is 17.3 Å². The molecule has 3 aliphatic heterocycles. The summed E-state index contributed by atoms with van der Waals surface area (Å²) in [6.45, 7) is 15.3. The first kappa shape index (κ1) is 35.2. The van der Waals surface area contributed by atoms with E-state index in [0.29, 0.717) is 64.4 Å². The van der Waals surface area contributed by atoms with E-state index in [-0.39, 0.29) is 17.5 Å². The smallest absolute Gasteiger partial charge is 0.337 e. The van der Waals surface area contributed by atoms with Crippen LogP contribution < -0.4 is 9.64 Å². The van der Waals surface area contributed by atoms with Crippen LogP contribution in [0.5, 0.6) is 5.75 Å². The lowest BCUT2D eigenvalue weighted by Gasteiger charge is -2.42. The van der Waals surface area contributed by atoms with Gasteiger partial charge in [-0.25, -0.2) is 14.2 Å². The number of benzene rings is 2. The molecule has 49 heavy (non-hydrogen) atoms. The number of carbonyl (C=O) groups is 1. The Labute approximate surface area is 293 Å². The number of ether oxygens (including phenoxy) is 3. The Kier molecular flexibility index (Phi) is 9.74. The summed E-state index contributed by atoms with van der Waals surface area (Å²) in [5, 5.41) is 10.9. The average molecular weight is 692 g/mol. The SMILES string of the molecule is Cc1cc2c(cc1F)-c1cccc(c1)-c1nc3cc(C)c([C@H](OC(C)(C)C)C(=O)O)c(n3c1Cl)N1CCC(C)(CC1)OCCCC[C@@H](C)O2. The molecule has 1 saturated heterocycles. The molecule has 2 aromatic carbocycles. The minimum absolute atomic E-state index is 0.0724. The predicted octanol–water partition coefficient (Wildman–Crippen LogP) is 9.35. The van der Waals surface area contributed by atoms with Crippen molar-refractivity contribution in [3.05, 3.63) is 70.1 Å². The van der Waals surface area contributed by atoms with Crippen molar-refractivity contribution in [3.8, 4) is 28.1 Å². The number of rotatable bonds is 3. The fraction of sp³-hybridized carbons (Fsp3) is 0.487. The minimum atomic E-state index is -1.24. The first-order chi connectivity index (χ1) is 23.1. The van der Waals surface area contributed by atoms with Crippen molar-refractivity contribution in [1.29, 1.82) is 0 Å². The molecule has 0 unspecified atom stereocenters. The number of aromatic nitrogens is 2. The highest BCUT2D eigenvalue weighted by atomic mass is 35.5. The second kappa shape index (κ2) is 13.6. The highest BCUT2D eigenvalue weighted by Crippen LogP contribution is 2.43. The van der Waals surface area contributed by atoms with Crippen molar-refractivity contribution in [2.24, 2.45) is 0 Å². The van der Waals surface area contributed by atoms with E-state index in [1.807, 2.05) is 62.4 Å². The topological polar surface area (TPSA) is 85.5 Å². The number of imidazole rings is 1. The largest absolute Gasteiger partial charge is 0.490 e. The quantitative estimate of drug-likeness (QED) is 0.229. The number of carboxylic acids is 1. The molecule has 3 aliphatic rings. The lowest BCUT2D eigenvalue weighted by Crippen LogP contribution is -2.45. The van der Waals surface area contributed by atoms with E-state index >= 15 is 4.39 Å². The van der Waals surface area contributed by atoms with Crippen LogP contribution in [0.4, 0.5) is 10.2 Å². The average Bonchev–Trinajstić information content (AvgIpc) is 3.35. The fourth-order valence-electron chi connectivity index (χ4n) is 6.97. The zero-order valence-corrected chi connectivity index (χ0v) is 30.3. The normalized spacial score (nSPS) is 21.0. The van der Waals surface area contributed by atoms with E-state index in [9.17, 15) is 9.90 Å². The Morgan fingerprint density at radius 2 is 1.82 bits per heavy atom. The zero-order valence-electron chi connectivity index (χ0n) is 29.5. The zero-order chi connectivity index (χ0) is 35.2. The number of hydrogen-bond donors (Lipinski definition) is 1. The van der Waals surface area contributed by atoms with Crippen molar-refractivity contribution in [3.63, 3.8) is 0 Å². The van der Waals surface area contributed by atoms with Gasteiger partial charge in [-0.3, -0.25) is 4.40 Å². The summed E-state index contributed by atoms with van der Waals surface area (Å²) in [5.41, 5.74) is 4.05. The molecular formula is C39H47ClFN3O5. The molecule has 262 valence electrons. The minimum Gasteiger partial charge on any atom is -0.490 e. The molecule has 2 atom stereocenters. The van der Waals surface area contributed by atoms with Crippen LogP contribution in [0.25, 0.3) is 28.0 Å². The summed E-state index contributed by atoms with van der Waals surface area (Å²) in [7, 11) is 0. The second-order valence-electron chi connectivity index (χ2n) is 14.8. The Morgan fingerprint density at radius 1 is 1.10 bits per heavy atom. The van der Waals surface area contributed by atoms with Gasteiger partial charge in [-0.15, -0.1) is 0 Å². The van der Waals surface area contributed by atoms with Gasteiger partial charge in [-0.05, 0) is 122 Å². The molecule has 1 fully saturated rings. The lowest BCUT2D eigenvalue weighted by atomic mass is 9.92. The van der Waals surface area contributed by atoms with Crippen molar-refractivity contribution in [2.45, 2.75) is 104 Å². The summed E-state index contributed by atoms with van der Waals surface area (Å²) in [5.74, 6) is -0.108. The van der Waals surface area contributed by atoms with Crippen LogP contribution in [-0.4, -0.2) is 57.5 Å². The molecule has 2 aromatic heterocycles. The third-order valence-electron chi connectivity index (χ3n) is 9.64. The Hall–Kier alpha value is -3.66. The molecule has 5 heterocycles. The molecule has 0 amide bonds. The Bertz CT molecular complexity index is 1870. The van der Waals surface area contributed by atoms with Gasteiger partial charge in [0, 0.05) is 36.4 Å². The van der Waals surface area contributed by atoms with Crippen molar-refractivity contribution in [1.82, 2.24) is 9.38 Å². The Balaban J connectivity index is 1.58. The third kappa shape index (κ3) is 7.30. The number of aryl methyl sites for hydroxylation is 2. The van der Waals surface area contributed by atoms with Crippen molar-refractivity contribution < 1.29 is 28.5 Å². The van der Waals surface area contributed by atoms with E-state index < -0.39 is 17.7 Å². The summed E-state index contributed by atoms with van der Waals surface area (Å²) in [6, 6.07) is 12.9. The van der Waals surface area contributed by atoms with Gasteiger partial charge < -0.3 is 24.2 Å². The first-order valence-electron chi connectivity index (χ1n) is 17.2. The predicted molar refractivity (Wildman–Crippen MR) is 191 cm³/mol. The van der Waals surface area contributed by atoms with E-state index in [1.165, 1.54) is 6.07 Å². The van der Waals surface area contributed by atoms with Gasteiger partial charge in [0.1, 0.15) is 33.9 Å². The number of carboxylic acid groups (broad SMARTS) is 1. The maximum Gasteiger partial charge on any atom is 0.337 e. The van der Waals surface area contributed by atoms with Gasteiger partial charge >= 0.3 is 5.97 Å². The molecule has 0 saturated carbocycles. The van der Waals surface area contributed by atoms with Crippen LogP contribution >= 0.6 is 11.6 Å². The van der Waals surface area contributed by atoms with E-state index in [4.69, 9.17) is 30.8 Å². The maximum atomic E-state index is 15.1. The maximum absolute atomic E-state index is 15.1. The molecule has 8 nitrogen and oxygen atoms in total. The summed E-state index contributed by atoms with van der Waals surface area (Å²) in [6.07, 6.45) is 2.87. The number of nitrogens with zero attached hydrogens (tertiary/aromatic N) is 3. The second-order valence-corrected chi connectivity index (χ2v) is 15.2. The number of pyridine rings is 1.